The number of anilines is 1. The van der Waals surface area contributed by atoms with Gasteiger partial charge in [-0.15, -0.1) is 10.2 Å². The van der Waals surface area contributed by atoms with Gasteiger partial charge in [-0.1, -0.05) is 37.2 Å². The molecule has 9 heteroatoms. The number of rotatable bonds is 6. The monoisotopic (exact) mass is 391 g/mol. The second-order valence-electron chi connectivity index (χ2n) is 5.84. The van der Waals surface area contributed by atoms with Crippen LogP contribution in [-0.4, -0.2) is 38.6 Å². The Balaban J connectivity index is 1.69. The molecule has 0 fully saturated rings. The lowest BCUT2D eigenvalue weighted by molar-refractivity contribution is -0.113. The van der Waals surface area contributed by atoms with Crippen LogP contribution >= 0.6 is 23.4 Å². The first-order valence-electron chi connectivity index (χ1n) is 7.96. The second kappa shape index (κ2) is 7.92. The standard InChI is InChI=1S/C17H18ClN5O2S/c1-10(2)17-21-20-14-6-7-16(22-23(14)17)26-9-15(24)19-12-8-11(18)4-5-13(12)25-3/h4-8,10H,9H2,1-3H3,(H,19,24). The molecule has 136 valence electrons. The molecule has 3 aromatic rings. The fourth-order valence-corrected chi connectivity index (χ4v) is 3.16. The lowest BCUT2D eigenvalue weighted by Crippen LogP contribution is -2.15. The number of fused-ring (bicyclic) bond motifs is 1. The van der Waals surface area contributed by atoms with Gasteiger partial charge in [-0.3, -0.25) is 4.79 Å². The minimum Gasteiger partial charge on any atom is -0.495 e. The number of carbonyl (C=O) groups excluding carboxylic acids is 1. The van der Waals surface area contributed by atoms with E-state index < -0.39 is 0 Å². The van der Waals surface area contributed by atoms with E-state index in [0.29, 0.717) is 27.1 Å². The highest BCUT2D eigenvalue weighted by atomic mass is 35.5. The molecule has 2 heterocycles. The molecule has 0 spiro atoms. The van der Waals surface area contributed by atoms with Crippen molar-refractivity contribution in [3.63, 3.8) is 0 Å². The smallest absolute Gasteiger partial charge is 0.234 e. The summed E-state index contributed by atoms with van der Waals surface area (Å²) in [6.07, 6.45) is 0. The van der Waals surface area contributed by atoms with Crippen LogP contribution in [0.1, 0.15) is 25.6 Å². The summed E-state index contributed by atoms with van der Waals surface area (Å²) >= 11 is 7.31. The first kappa shape index (κ1) is 18.5. The predicted molar refractivity (Wildman–Crippen MR) is 102 cm³/mol. The first-order valence-corrected chi connectivity index (χ1v) is 9.33. The van der Waals surface area contributed by atoms with E-state index in [9.17, 15) is 4.79 Å². The van der Waals surface area contributed by atoms with Gasteiger partial charge in [0.05, 0.1) is 18.6 Å². The normalized spacial score (nSPS) is 11.1. The molecule has 0 aliphatic heterocycles. The number of benzene rings is 1. The Kier molecular flexibility index (Phi) is 5.63. The van der Waals surface area contributed by atoms with Gasteiger partial charge in [0.1, 0.15) is 10.8 Å². The van der Waals surface area contributed by atoms with Gasteiger partial charge in [0.2, 0.25) is 5.91 Å². The Morgan fingerprint density at radius 2 is 2.12 bits per heavy atom. The van der Waals surface area contributed by atoms with E-state index in [1.165, 1.54) is 18.9 Å². The Morgan fingerprint density at radius 1 is 1.31 bits per heavy atom. The highest BCUT2D eigenvalue weighted by Gasteiger charge is 2.13. The summed E-state index contributed by atoms with van der Waals surface area (Å²) in [5, 5.41) is 16.8. The molecular weight excluding hydrogens is 374 g/mol. The minimum atomic E-state index is -0.176. The Hall–Kier alpha value is -2.32. The molecule has 0 aliphatic rings. The van der Waals surface area contributed by atoms with E-state index in [-0.39, 0.29) is 17.6 Å². The summed E-state index contributed by atoms with van der Waals surface area (Å²) in [6, 6.07) is 8.73. The van der Waals surface area contributed by atoms with Crippen molar-refractivity contribution in [1.29, 1.82) is 0 Å². The molecule has 0 atom stereocenters. The molecule has 1 N–H and O–H groups in total. The second-order valence-corrected chi connectivity index (χ2v) is 7.27. The zero-order chi connectivity index (χ0) is 18.7. The predicted octanol–water partition coefficient (Wildman–Crippen LogP) is 3.64. The van der Waals surface area contributed by atoms with E-state index in [2.05, 4.69) is 20.6 Å². The number of carbonyl (C=O) groups is 1. The van der Waals surface area contributed by atoms with Crippen LogP contribution in [0.25, 0.3) is 5.65 Å². The van der Waals surface area contributed by atoms with Crippen molar-refractivity contribution in [3.8, 4) is 5.75 Å². The van der Waals surface area contributed by atoms with Crippen LogP contribution in [0.2, 0.25) is 5.02 Å². The molecule has 1 amide bonds. The summed E-state index contributed by atoms with van der Waals surface area (Å²) in [7, 11) is 1.54. The van der Waals surface area contributed by atoms with Crippen molar-refractivity contribution >= 4 is 40.6 Å². The number of amides is 1. The number of nitrogens with zero attached hydrogens (tertiary/aromatic N) is 4. The summed E-state index contributed by atoms with van der Waals surface area (Å²) in [6.45, 7) is 4.06. The Labute approximate surface area is 160 Å². The van der Waals surface area contributed by atoms with Gasteiger partial charge in [0.15, 0.2) is 11.5 Å². The zero-order valence-corrected chi connectivity index (χ0v) is 16.1. The molecule has 0 saturated carbocycles. The molecule has 0 aliphatic carbocycles. The molecule has 1 aromatic carbocycles. The van der Waals surface area contributed by atoms with Crippen molar-refractivity contribution in [3.05, 3.63) is 41.2 Å². The minimum absolute atomic E-state index is 0.176. The van der Waals surface area contributed by atoms with E-state index in [4.69, 9.17) is 16.3 Å². The van der Waals surface area contributed by atoms with Gasteiger partial charge in [0.25, 0.3) is 0 Å². The third-order valence-corrected chi connectivity index (χ3v) is 4.72. The number of nitrogens with one attached hydrogen (secondary N) is 1. The van der Waals surface area contributed by atoms with Crippen LogP contribution in [0.15, 0.2) is 35.4 Å². The average molecular weight is 392 g/mol. The van der Waals surface area contributed by atoms with Gasteiger partial charge < -0.3 is 10.1 Å². The number of methoxy groups -OCH3 is 1. The molecule has 0 bridgehead atoms. The molecule has 2 aromatic heterocycles. The fraction of sp³-hybridized carbons (Fsp3) is 0.294. The number of hydrogen-bond acceptors (Lipinski definition) is 6. The van der Waals surface area contributed by atoms with Crippen molar-refractivity contribution in [1.82, 2.24) is 19.8 Å². The van der Waals surface area contributed by atoms with Crippen molar-refractivity contribution in [2.24, 2.45) is 0 Å². The molecule has 0 radical (unpaired) electrons. The molecular formula is C17H18ClN5O2S. The Bertz CT molecular complexity index is 944. The maximum atomic E-state index is 12.3. The summed E-state index contributed by atoms with van der Waals surface area (Å²) in [4.78, 5) is 12.3. The topological polar surface area (TPSA) is 81.4 Å². The number of aromatic nitrogens is 4. The first-order chi connectivity index (χ1) is 12.5. The number of thioether (sulfide) groups is 1. The van der Waals surface area contributed by atoms with Crippen LogP contribution in [0.5, 0.6) is 5.75 Å². The van der Waals surface area contributed by atoms with Crippen LogP contribution < -0.4 is 10.1 Å². The third kappa shape index (κ3) is 4.08. The Morgan fingerprint density at radius 3 is 2.85 bits per heavy atom. The number of ether oxygens (including phenoxy) is 1. The number of halogens is 1. The van der Waals surface area contributed by atoms with E-state index >= 15 is 0 Å². The van der Waals surface area contributed by atoms with Crippen LogP contribution in [0.4, 0.5) is 5.69 Å². The van der Waals surface area contributed by atoms with E-state index in [0.717, 1.165) is 5.82 Å². The quantitative estimate of drug-likeness (QED) is 0.646. The van der Waals surface area contributed by atoms with Crippen LogP contribution in [0, 0.1) is 0 Å². The maximum absolute atomic E-state index is 12.3. The van der Waals surface area contributed by atoms with Crippen LogP contribution in [-0.2, 0) is 4.79 Å². The number of hydrogen-bond donors (Lipinski definition) is 1. The molecule has 7 nitrogen and oxygen atoms in total. The van der Waals surface area contributed by atoms with E-state index in [1.807, 2.05) is 26.0 Å². The highest BCUT2D eigenvalue weighted by Crippen LogP contribution is 2.28. The zero-order valence-electron chi connectivity index (χ0n) is 14.6. The van der Waals surface area contributed by atoms with Gasteiger partial charge in [-0.25, -0.2) is 0 Å². The molecule has 0 unspecified atom stereocenters. The lowest BCUT2D eigenvalue weighted by atomic mass is 10.2. The summed E-state index contributed by atoms with van der Waals surface area (Å²) in [5.74, 6) is 1.57. The summed E-state index contributed by atoms with van der Waals surface area (Å²) in [5.41, 5.74) is 1.22. The van der Waals surface area contributed by atoms with Gasteiger partial charge >= 0.3 is 0 Å². The molecule has 26 heavy (non-hydrogen) atoms. The lowest BCUT2D eigenvalue weighted by Gasteiger charge is -2.10. The highest BCUT2D eigenvalue weighted by molar-refractivity contribution is 7.99. The van der Waals surface area contributed by atoms with E-state index in [1.54, 1.807) is 22.7 Å². The molecule has 3 rings (SSSR count). The maximum Gasteiger partial charge on any atom is 0.234 e. The van der Waals surface area contributed by atoms with Crippen molar-refractivity contribution in [2.45, 2.75) is 24.8 Å². The van der Waals surface area contributed by atoms with Gasteiger partial charge in [0, 0.05) is 10.9 Å². The largest absolute Gasteiger partial charge is 0.495 e. The fourth-order valence-electron chi connectivity index (χ4n) is 2.33. The molecule has 0 saturated heterocycles. The van der Waals surface area contributed by atoms with Crippen molar-refractivity contribution < 1.29 is 9.53 Å². The van der Waals surface area contributed by atoms with Crippen LogP contribution in [0.3, 0.4) is 0 Å². The van der Waals surface area contributed by atoms with Gasteiger partial charge in [-0.2, -0.15) is 9.61 Å². The van der Waals surface area contributed by atoms with Gasteiger partial charge in [-0.05, 0) is 30.3 Å². The van der Waals surface area contributed by atoms with Crippen molar-refractivity contribution in [2.75, 3.05) is 18.2 Å². The summed E-state index contributed by atoms with van der Waals surface area (Å²) < 4.78 is 6.94. The third-order valence-electron chi connectivity index (χ3n) is 3.57. The average Bonchev–Trinajstić information content (AvgIpc) is 3.03. The SMILES string of the molecule is COc1ccc(Cl)cc1NC(=O)CSc1ccc2nnc(C(C)C)n2n1.